The molecule has 0 spiro atoms. The van der Waals surface area contributed by atoms with Crippen LogP contribution in [0.4, 0.5) is 11.4 Å². The van der Waals surface area contributed by atoms with Crippen LogP contribution in [-0.2, 0) is 7.05 Å². The summed E-state index contributed by atoms with van der Waals surface area (Å²) < 4.78 is 1.72. The molecule has 0 aliphatic heterocycles. The molecule has 7 heteroatoms. The summed E-state index contributed by atoms with van der Waals surface area (Å²) in [5.41, 5.74) is 9.70. The summed E-state index contributed by atoms with van der Waals surface area (Å²) in [6, 6.07) is 0. The number of nitrogens with one attached hydrogen (secondary N) is 2. The number of carbonyl (C=O) groups is 1. The number of aryl methyl sites for hydroxylation is 2. The first-order valence-corrected chi connectivity index (χ1v) is 6.48. The maximum absolute atomic E-state index is 12.3. The minimum atomic E-state index is -0.329. The molecule has 0 atom stereocenters. The Morgan fingerprint density at radius 2 is 2.05 bits per heavy atom. The predicted molar refractivity (Wildman–Crippen MR) is 77.7 cm³/mol. The molecule has 0 aliphatic carbocycles. The highest BCUT2D eigenvalue weighted by Crippen LogP contribution is 2.24. The van der Waals surface area contributed by atoms with Crippen LogP contribution in [0.25, 0.3) is 0 Å². The number of nitrogen functional groups attached to an aromatic ring is 1. The number of amides is 1. The van der Waals surface area contributed by atoms with Crippen LogP contribution in [0.15, 0.2) is 0 Å². The van der Waals surface area contributed by atoms with Crippen LogP contribution in [0.5, 0.6) is 0 Å². The number of nitrogens with zero attached hydrogens (tertiary/aromatic N) is 3. The van der Waals surface area contributed by atoms with E-state index in [1.54, 1.807) is 4.68 Å². The number of rotatable bonds is 3. The molecule has 2 aromatic heterocycles. The standard InChI is InChI=1S/C13H20N6O/c1-6(2)10-9(14)12(17-16-10)13(20)15-11-7(3)18-19(5)8(11)4/h6H,14H2,1-5H3,(H,15,20)(H,16,17). The largest absolute Gasteiger partial charge is 0.395 e. The van der Waals surface area contributed by atoms with Gasteiger partial charge in [0.25, 0.3) is 5.91 Å². The van der Waals surface area contributed by atoms with Crippen molar-refractivity contribution in [2.75, 3.05) is 11.1 Å². The van der Waals surface area contributed by atoms with Crippen LogP contribution in [-0.4, -0.2) is 25.9 Å². The maximum Gasteiger partial charge on any atom is 0.278 e. The Bertz CT molecular complexity index is 652. The fraction of sp³-hybridized carbons (Fsp3) is 0.462. The molecule has 108 valence electrons. The van der Waals surface area contributed by atoms with Crippen molar-refractivity contribution in [1.29, 1.82) is 0 Å². The van der Waals surface area contributed by atoms with E-state index in [2.05, 4.69) is 20.6 Å². The summed E-state index contributed by atoms with van der Waals surface area (Å²) in [5.74, 6) is -0.143. The van der Waals surface area contributed by atoms with E-state index in [0.29, 0.717) is 11.4 Å². The van der Waals surface area contributed by atoms with E-state index in [1.165, 1.54) is 0 Å². The summed E-state index contributed by atoms with van der Waals surface area (Å²) in [5, 5.41) is 13.9. The van der Waals surface area contributed by atoms with Crippen LogP contribution in [0, 0.1) is 13.8 Å². The first kappa shape index (κ1) is 14.1. The van der Waals surface area contributed by atoms with E-state index in [-0.39, 0.29) is 17.5 Å². The van der Waals surface area contributed by atoms with Gasteiger partial charge < -0.3 is 11.1 Å². The molecule has 2 aromatic rings. The van der Waals surface area contributed by atoms with Gasteiger partial charge in [0, 0.05) is 7.05 Å². The third-order valence-corrected chi connectivity index (χ3v) is 3.37. The van der Waals surface area contributed by atoms with Gasteiger partial charge in [-0.3, -0.25) is 14.6 Å². The van der Waals surface area contributed by atoms with E-state index in [9.17, 15) is 4.79 Å². The lowest BCUT2D eigenvalue weighted by Gasteiger charge is -2.05. The zero-order valence-electron chi connectivity index (χ0n) is 12.4. The van der Waals surface area contributed by atoms with Gasteiger partial charge in [-0.15, -0.1) is 0 Å². The quantitative estimate of drug-likeness (QED) is 0.794. The second-order valence-electron chi connectivity index (χ2n) is 5.18. The van der Waals surface area contributed by atoms with E-state index in [4.69, 9.17) is 5.73 Å². The van der Waals surface area contributed by atoms with Gasteiger partial charge in [-0.1, -0.05) is 13.8 Å². The molecule has 1 amide bonds. The summed E-state index contributed by atoms with van der Waals surface area (Å²) in [7, 11) is 1.83. The topological polar surface area (TPSA) is 102 Å². The molecule has 0 aliphatic rings. The molecule has 0 radical (unpaired) electrons. The normalized spacial score (nSPS) is 11.1. The van der Waals surface area contributed by atoms with Crippen molar-refractivity contribution in [2.45, 2.75) is 33.6 Å². The molecule has 0 saturated heterocycles. The zero-order valence-corrected chi connectivity index (χ0v) is 12.4. The molecule has 0 bridgehead atoms. The summed E-state index contributed by atoms with van der Waals surface area (Å²) in [4.78, 5) is 12.3. The van der Waals surface area contributed by atoms with Gasteiger partial charge >= 0.3 is 0 Å². The van der Waals surface area contributed by atoms with Gasteiger partial charge in [0.1, 0.15) is 0 Å². The highest BCUT2D eigenvalue weighted by molar-refractivity contribution is 6.07. The summed E-state index contributed by atoms with van der Waals surface area (Å²) >= 11 is 0. The fourth-order valence-electron chi connectivity index (χ4n) is 2.10. The van der Waals surface area contributed by atoms with E-state index in [1.807, 2.05) is 34.7 Å². The van der Waals surface area contributed by atoms with Crippen LogP contribution >= 0.6 is 0 Å². The van der Waals surface area contributed by atoms with Gasteiger partial charge in [-0.05, 0) is 19.8 Å². The molecule has 7 nitrogen and oxygen atoms in total. The van der Waals surface area contributed by atoms with Crippen molar-refractivity contribution in [3.8, 4) is 0 Å². The number of aromatic amines is 1. The van der Waals surface area contributed by atoms with Crippen molar-refractivity contribution in [2.24, 2.45) is 7.05 Å². The summed E-state index contributed by atoms with van der Waals surface area (Å²) in [6.07, 6.45) is 0. The Hall–Kier alpha value is -2.31. The Morgan fingerprint density at radius 1 is 1.40 bits per heavy atom. The van der Waals surface area contributed by atoms with Crippen LogP contribution in [0.1, 0.15) is 47.3 Å². The maximum atomic E-state index is 12.3. The Labute approximate surface area is 117 Å². The molecule has 2 rings (SSSR count). The van der Waals surface area contributed by atoms with Gasteiger partial charge in [0.05, 0.1) is 28.5 Å². The zero-order chi connectivity index (χ0) is 15.0. The van der Waals surface area contributed by atoms with Gasteiger partial charge in [0.2, 0.25) is 0 Å². The summed E-state index contributed by atoms with van der Waals surface area (Å²) in [6.45, 7) is 7.71. The number of hydrogen-bond acceptors (Lipinski definition) is 4. The Balaban J connectivity index is 2.29. The Morgan fingerprint density at radius 3 is 2.50 bits per heavy atom. The minimum absolute atomic E-state index is 0.186. The predicted octanol–water partition coefficient (Wildman–Crippen LogP) is 1.72. The number of H-pyrrole nitrogens is 1. The first-order valence-electron chi connectivity index (χ1n) is 6.48. The van der Waals surface area contributed by atoms with Crippen molar-refractivity contribution in [3.05, 3.63) is 22.8 Å². The van der Waals surface area contributed by atoms with Crippen molar-refractivity contribution in [3.63, 3.8) is 0 Å². The van der Waals surface area contributed by atoms with Gasteiger partial charge in [-0.25, -0.2) is 0 Å². The van der Waals surface area contributed by atoms with Gasteiger partial charge in [-0.2, -0.15) is 10.2 Å². The number of nitrogens with two attached hydrogens (primary N) is 1. The molecule has 4 N–H and O–H groups in total. The molecular weight excluding hydrogens is 256 g/mol. The molecule has 0 unspecified atom stereocenters. The third-order valence-electron chi connectivity index (χ3n) is 3.37. The highest BCUT2D eigenvalue weighted by Gasteiger charge is 2.21. The average Bonchev–Trinajstić information content (AvgIpc) is 2.85. The minimum Gasteiger partial charge on any atom is -0.395 e. The van der Waals surface area contributed by atoms with Crippen LogP contribution in [0.2, 0.25) is 0 Å². The smallest absolute Gasteiger partial charge is 0.278 e. The number of anilines is 2. The van der Waals surface area contributed by atoms with E-state index < -0.39 is 0 Å². The SMILES string of the molecule is Cc1nn(C)c(C)c1NC(=O)c1n[nH]c(C(C)C)c1N. The molecule has 20 heavy (non-hydrogen) atoms. The van der Waals surface area contributed by atoms with Crippen molar-refractivity contribution in [1.82, 2.24) is 20.0 Å². The highest BCUT2D eigenvalue weighted by atomic mass is 16.2. The van der Waals surface area contributed by atoms with E-state index >= 15 is 0 Å². The molecule has 0 aromatic carbocycles. The van der Waals surface area contributed by atoms with Crippen LogP contribution in [0.3, 0.4) is 0 Å². The number of hydrogen-bond donors (Lipinski definition) is 3. The number of aromatic nitrogens is 4. The lowest BCUT2D eigenvalue weighted by molar-refractivity contribution is 0.102. The third kappa shape index (κ3) is 2.26. The van der Waals surface area contributed by atoms with Crippen LogP contribution < -0.4 is 11.1 Å². The second kappa shape index (κ2) is 4.99. The second-order valence-corrected chi connectivity index (χ2v) is 5.18. The molecule has 0 saturated carbocycles. The first-order chi connectivity index (χ1) is 9.32. The molecule has 2 heterocycles. The van der Waals surface area contributed by atoms with E-state index in [0.717, 1.165) is 17.1 Å². The lowest BCUT2D eigenvalue weighted by Crippen LogP contribution is -2.15. The number of carbonyl (C=O) groups excluding carboxylic acids is 1. The van der Waals surface area contributed by atoms with Crippen molar-refractivity contribution < 1.29 is 4.79 Å². The van der Waals surface area contributed by atoms with Gasteiger partial charge in [0.15, 0.2) is 5.69 Å². The Kier molecular flexibility index (Phi) is 3.52. The van der Waals surface area contributed by atoms with Crippen molar-refractivity contribution >= 4 is 17.3 Å². The fourth-order valence-corrected chi connectivity index (χ4v) is 2.10. The average molecular weight is 276 g/mol. The monoisotopic (exact) mass is 276 g/mol. The molecular formula is C13H20N6O. The molecule has 0 fully saturated rings. The lowest BCUT2D eigenvalue weighted by atomic mass is 10.1.